The van der Waals surface area contributed by atoms with E-state index in [4.69, 9.17) is 18.1 Å². The van der Waals surface area contributed by atoms with Crippen LogP contribution in [-0.2, 0) is 0 Å². The summed E-state index contributed by atoms with van der Waals surface area (Å²) in [5.74, 6) is 5.47. The highest BCUT2D eigenvalue weighted by atomic mass is 32.1. The second-order valence-corrected chi connectivity index (χ2v) is 2.71. The van der Waals surface area contributed by atoms with Crippen molar-refractivity contribution in [1.82, 2.24) is 21.2 Å². The normalized spacial score (nSPS) is 20.4. The summed E-state index contributed by atoms with van der Waals surface area (Å²) >= 11 is 4.92. The van der Waals surface area contributed by atoms with Crippen molar-refractivity contribution in [3.05, 3.63) is 0 Å². The van der Waals surface area contributed by atoms with Gasteiger partial charge in [-0.05, 0) is 26.1 Å². The van der Waals surface area contributed by atoms with Gasteiger partial charge >= 0.3 is 0 Å². The van der Waals surface area contributed by atoms with Gasteiger partial charge in [-0.1, -0.05) is 5.23 Å². The maximum atomic E-state index is 5.47. The predicted molar refractivity (Wildman–Crippen MR) is 41.9 cm³/mol. The summed E-state index contributed by atoms with van der Waals surface area (Å²) < 4.78 is 0. The van der Waals surface area contributed by atoms with Crippen LogP contribution in [0.4, 0.5) is 0 Å². The van der Waals surface area contributed by atoms with Crippen LogP contribution < -0.4 is 16.8 Å². The van der Waals surface area contributed by atoms with Gasteiger partial charge in [0, 0.05) is 6.04 Å². The van der Waals surface area contributed by atoms with E-state index < -0.39 is 0 Å². The predicted octanol–water partition coefficient (Wildman–Crippen LogP) is -0.905. The number of hydrazine groups is 4. The lowest BCUT2D eigenvalue weighted by Crippen LogP contribution is -2.51. The van der Waals surface area contributed by atoms with Crippen LogP contribution in [0.2, 0.25) is 0 Å². The highest BCUT2D eigenvalue weighted by Gasteiger charge is 2.24. The lowest BCUT2D eigenvalue weighted by molar-refractivity contribution is -0.00278. The van der Waals surface area contributed by atoms with E-state index >= 15 is 0 Å². The van der Waals surface area contributed by atoms with E-state index in [1.807, 2.05) is 13.8 Å². The zero-order chi connectivity index (χ0) is 7.72. The molecular formula is C4H11N5S. The second-order valence-electron chi connectivity index (χ2n) is 2.32. The lowest BCUT2D eigenvalue weighted by Gasteiger charge is -2.25. The quantitative estimate of drug-likeness (QED) is 0.342. The molecule has 0 bridgehead atoms. The van der Waals surface area contributed by atoms with Crippen LogP contribution in [0.3, 0.4) is 0 Å². The maximum Gasteiger partial charge on any atom is 0.201 e. The average Bonchev–Trinajstić information content (AvgIpc) is 2.11. The van der Waals surface area contributed by atoms with Crippen LogP contribution in [-0.4, -0.2) is 21.4 Å². The molecule has 1 rings (SSSR count). The molecular weight excluding hydrogens is 150 g/mol. The molecule has 0 aromatic rings. The van der Waals surface area contributed by atoms with E-state index in [0.717, 1.165) is 0 Å². The number of nitrogens with one attached hydrogen (secondary N) is 2. The van der Waals surface area contributed by atoms with Gasteiger partial charge in [0.1, 0.15) is 0 Å². The summed E-state index contributed by atoms with van der Waals surface area (Å²) in [6.45, 7) is 4.00. The third-order valence-corrected chi connectivity index (χ3v) is 1.50. The van der Waals surface area contributed by atoms with E-state index in [-0.39, 0.29) is 6.04 Å². The van der Waals surface area contributed by atoms with Crippen molar-refractivity contribution in [3.8, 4) is 0 Å². The monoisotopic (exact) mass is 161 g/mol. The molecule has 0 atom stereocenters. The molecule has 0 unspecified atom stereocenters. The van der Waals surface area contributed by atoms with Crippen molar-refractivity contribution < 1.29 is 0 Å². The third kappa shape index (κ3) is 1.19. The molecule has 0 radical (unpaired) electrons. The Morgan fingerprint density at radius 2 is 2.20 bits per heavy atom. The third-order valence-electron chi connectivity index (χ3n) is 1.21. The van der Waals surface area contributed by atoms with Crippen LogP contribution in [0.25, 0.3) is 0 Å². The minimum absolute atomic E-state index is 0.264. The van der Waals surface area contributed by atoms with Crippen molar-refractivity contribution in [1.29, 1.82) is 0 Å². The second kappa shape index (κ2) is 2.67. The van der Waals surface area contributed by atoms with E-state index in [1.165, 1.54) is 5.23 Å². The molecule has 58 valence electrons. The molecule has 0 aromatic carbocycles. The van der Waals surface area contributed by atoms with Gasteiger partial charge in [-0.25, -0.2) is 10.9 Å². The SMILES string of the molecule is CC(C)N1C(=S)NNN1N. The minimum atomic E-state index is 0.264. The van der Waals surface area contributed by atoms with E-state index in [2.05, 4.69) is 11.0 Å². The molecule has 1 aliphatic heterocycles. The average molecular weight is 161 g/mol. The highest BCUT2D eigenvalue weighted by molar-refractivity contribution is 7.80. The molecule has 1 aliphatic rings. The van der Waals surface area contributed by atoms with Crippen molar-refractivity contribution in [2.75, 3.05) is 0 Å². The van der Waals surface area contributed by atoms with Gasteiger partial charge in [-0.2, -0.15) is 0 Å². The number of nitrogens with zero attached hydrogens (tertiary/aromatic N) is 2. The van der Waals surface area contributed by atoms with Crippen LogP contribution in [0.15, 0.2) is 0 Å². The molecule has 6 heteroatoms. The Hall–Kier alpha value is -0.430. The zero-order valence-electron chi connectivity index (χ0n) is 5.96. The Morgan fingerprint density at radius 1 is 1.60 bits per heavy atom. The fourth-order valence-corrected chi connectivity index (χ4v) is 1.14. The van der Waals surface area contributed by atoms with E-state index in [9.17, 15) is 0 Å². The molecule has 1 heterocycles. The summed E-state index contributed by atoms with van der Waals surface area (Å²) in [5, 5.41) is 3.65. The van der Waals surface area contributed by atoms with Crippen molar-refractivity contribution in [2.45, 2.75) is 19.9 Å². The van der Waals surface area contributed by atoms with Gasteiger partial charge in [0.05, 0.1) is 0 Å². The molecule has 0 saturated carbocycles. The van der Waals surface area contributed by atoms with Gasteiger partial charge in [0.15, 0.2) is 0 Å². The van der Waals surface area contributed by atoms with Crippen molar-refractivity contribution in [3.63, 3.8) is 0 Å². The van der Waals surface area contributed by atoms with Gasteiger partial charge < -0.3 is 0 Å². The Balaban J connectivity index is 2.63. The Morgan fingerprint density at radius 3 is 2.40 bits per heavy atom. The summed E-state index contributed by atoms with van der Waals surface area (Å²) in [6.07, 6.45) is 0. The Bertz CT molecular complexity index is 147. The lowest BCUT2D eigenvalue weighted by atomic mass is 10.4. The molecule has 10 heavy (non-hydrogen) atoms. The summed E-state index contributed by atoms with van der Waals surface area (Å²) in [5.41, 5.74) is 5.36. The summed E-state index contributed by atoms with van der Waals surface area (Å²) in [4.78, 5) is 0. The Kier molecular flexibility index (Phi) is 2.05. The Labute approximate surface area is 65.0 Å². The van der Waals surface area contributed by atoms with Gasteiger partial charge in [-0.3, -0.25) is 5.43 Å². The smallest absolute Gasteiger partial charge is 0.201 e. The molecule has 1 saturated heterocycles. The van der Waals surface area contributed by atoms with Crippen molar-refractivity contribution >= 4 is 17.3 Å². The van der Waals surface area contributed by atoms with Crippen LogP contribution in [0.5, 0.6) is 0 Å². The zero-order valence-corrected chi connectivity index (χ0v) is 6.77. The van der Waals surface area contributed by atoms with Gasteiger partial charge in [0.25, 0.3) is 0 Å². The molecule has 4 N–H and O–H groups in total. The van der Waals surface area contributed by atoms with Crippen molar-refractivity contribution in [2.24, 2.45) is 5.84 Å². The largest absolute Gasteiger partial charge is 0.281 e. The van der Waals surface area contributed by atoms with Crippen LogP contribution in [0.1, 0.15) is 13.8 Å². The topological polar surface area (TPSA) is 56.6 Å². The maximum absolute atomic E-state index is 5.47. The molecule has 0 amide bonds. The molecule has 0 aliphatic carbocycles. The van der Waals surface area contributed by atoms with Crippen LogP contribution in [0, 0.1) is 0 Å². The first-order valence-corrected chi connectivity index (χ1v) is 3.43. The van der Waals surface area contributed by atoms with Gasteiger partial charge in [-0.15, -0.1) is 5.53 Å². The number of thiocarbonyl (C=S) groups is 1. The first kappa shape index (κ1) is 7.67. The van der Waals surface area contributed by atoms with E-state index in [1.54, 1.807) is 5.01 Å². The van der Waals surface area contributed by atoms with E-state index in [0.29, 0.717) is 5.11 Å². The highest BCUT2D eigenvalue weighted by Crippen LogP contribution is 2.01. The van der Waals surface area contributed by atoms with Gasteiger partial charge in [0.2, 0.25) is 5.11 Å². The molecule has 0 spiro atoms. The number of nitrogens with two attached hydrogens (primary N) is 1. The first-order valence-electron chi connectivity index (χ1n) is 3.02. The van der Waals surface area contributed by atoms with Crippen LogP contribution >= 0.6 is 12.2 Å². The minimum Gasteiger partial charge on any atom is -0.281 e. The summed E-state index contributed by atoms with van der Waals surface area (Å²) in [7, 11) is 0. The molecule has 0 aromatic heterocycles. The fraction of sp³-hybridized carbons (Fsp3) is 0.750. The number of hydrogen-bond acceptors (Lipinski definition) is 4. The number of rotatable bonds is 1. The number of hydrogen-bond donors (Lipinski definition) is 3. The molecule has 1 fully saturated rings. The fourth-order valence-electron chi connectivity index (χ4n) is 0.797. The standard InChI is InChI=1S/C4H11N5S/c1-3(2)8-4(10)6-7-9(8)5/h3,7H,5H2,1-2H3,(H,6,10). The molecule has 5 nitrogen and oxygen atoms in total. The first-order chi connectivity index (χ1) is 4.63. The summed E-state index contributed by atoms with van der Waals surface area (Å²) in [6, 6.07) is 0.264.